The highest BCUT2D eigenvalue weighted by Crippen LogP contribution is 2.15. The number of nitrogens with zero attached hydrogens (tertiary/aromatic N) is 1. The second-order valence-corrected chi connectivity index (χ2v) is 3.86. The van der Waals surface area contributed by atoms with E-state index in [2.05, 4.69) is 18.2 Å². The SMILES string of the molecule is C#CCCNC(=O)N1CCC(C)CC1. The number of rotatable bonds is 2. The number of likely N-dealkylation sites (tertiary alicyclic amines) is 1. The lowest BCUT2D eigenvalue weighted by atomic mass is 10.00. The first-order valence-electron chi connectivity index (χ1n) is 5.20. The molecule has 0 aromatic heterocycles. The van der Waals surface area contributed by atoms with Gasteiger partial charge in [0.1, 0.15) is 0 Å². The molecule has 1 aliphatic heterocycles. The monoisotopic (exact) mass is 194 g/mol. The zero-order valence-corrected chi connectivity index (χ0v) is 8.75. The van der Waals surface area contributed by atoms with Gasteiger partial charge in [-0.1, -0.05) is 6.92 Å². The summed E-state index contributed by atoms with van der Waals surface area (Å²) in [6.45, 7) is 4.57. The Morgan fingerprint density at radius 3 is 2.79 bits per heavy atom. The molecular weight excluding hydrogens is 176 g/mol. The van der Waals surface area contributed by atoms with Gasteiger partial charge in [-0.25, -0.2) is 4.79 Å². The molecule has 0 radical (unpaired) electrons. The van der Waals surface area contributed by atoms with Crippen molar-refractivity contribution in [3.05, 3.63) is 0 Å². The lowest BCUT2D eigenvalue weighted by Gasteiger charge is -2.30. The van der Waals surface area contributed by atoms with Crippen LogP contribution in [-0.4, -0.2) is 30.6 Å². The maximum absolute atomic E-state index is 11.5. The molecule has 2 amide bonds. The van der Waals surface area contributed by atoms with Crippen LogP contribution >= 0.6 is 0 Å². The number of nitrogens with one attached hydrogen (secondary N) is 1. The van der Waals surface area contributed by atoms with Crippen LogP contribution in [0.4, 0.5) is 4.79 Å². The minimum absolute atomic E-state index is 0.0344. The molecule has 1 fully saturated rings. The molecular formula is C11H18N2O. The van der Waals surface area contributed by atoms with E-state index in [1.54, 1.807) is 0 Å². The molecule has 1 heterocycles. The summed E-state index contributed by atoms with van der Waals surface area (Å²) < 4.78 is 0. The predicted molar refractivity (Wildman–Crippen MR) is 56.8 cm³/mol. The Morgan fingerprint density at radius 1 is 1.57 bits per heavy atom. The highest BCUT2D eigenvalue weighted by atomic mass is 16.2. The van der Waals surface area contributed by atoms with Crippen LogP contribution < -0.4 is 5.32 Å². The number of urea groups is 1. The van der Waals surface area contributed by atoms with Gasteiger partial charge in [0.05, 0.1) is 0 Å². The third kappa shape index (κ3) is 3.29. The quantitative estimate of drug-likeness (QED) is 0.523. The predicted octanol–water partition coefficient (Wildman–Crippen LogP) is 1.45. The third-order valence-corrected chi connectivity index (χ3v) is 2.62. The van der Waals surface area contributed by atoms with Crippen LogP contribution in [0, 0.1) is 18.3 Å². The molecule has 14 heavy (non-hydrogen) atoms. The summed E-state index contributed by atoms with van der Waals surface area (Å²) in [5.74, 6) is 3.25. The fourth-order valence-corrected chi connectivity index (χ4v) is 1.57. The Morgan fingerprint density at radius 2 is 2.21 bits per heavy atom. The molecule has 0 aromatic carbocycles. The normalized spacial score (nSPS) is 17.6. The van der Waals surface area contributed by atoms with Gasteiger partial charge in [-0.05, 0) is 18.8 Å². The third-order valence-electron chi connectivity index (χ3n) is 2.62. The Labute approximate surface area is 85.9 Å². The summed E-state index contributed by atoms with van der Waals surface area (Å²) in [5.41, 5.74) is 0. The van der Waals surface area contributed by atoms with E-state index in [1.807, 2.05) is 4.90 Å². The van der Waals surface area contributed by atoms with Crippen molar-refractivity contribution in [2.75, 3.05) is 19.6 Å². The van der Waals surface area contributed by atoms with E-state index in [-0.39, 0.29) is 6.03 Å². The first-order chi connectivity index (χ1) is 6.74. The molecule has 0 spiro atoms. The number of hydrogen-bond acceptors (Lipinski definition) is 1. The largest absolute Gasteiger partial charge is 0.337 e. The molecule has 1 N–H and O–H groups in total. The zero-order valence-electron chi connectivity index (χ0n) is 8.75. The van der Waals surface area contributed by atoms with Crippen LogP contribution in [0.15, 0.2) is 0 Å². The first kappa shape index (κ1) is 10.9. The van der Waals surface area contributed by atoms with Gasteiger partial charge in [0.25, 0.3) is 0 Å². The van der Waals surface area contributed by atoms with Crippen LogP contribution in [0.3, 0.4) is 0 Å². The van der Waals surface area contributed by atoms with E-state index in [1.165, 1.54) is 0 Å². The summed E-state index contributed by atoms with van der Waals surface area (Å²) >= 11 is 0. The second-order valence-electron chi connectivity index (χ2n) is 3.86. The van der Waals surface area contributed by atoms with Crippen molar-refractivity contribution >= 4 is 6.03 Å². The van der Waals surface area contributed by atoms with Gasteiger partial charge in [-0.2, -0.15) is 0 Å². The Kier molecular flexibility index (Phi) is 4.31. The summed E-state index contributed by atoms with van der Waals surface area (Å²) in [4.78, 5) is 13.4. The molecule has 0 aromatic rings. The van der Waals surface area contributed by atoms with Gasteiger partial charge < -0.3 is 10.2 Å². The topological polar surface area (TPSA) is 32.3 Å². The molecule has 1 aliphatic rings. The van der Waals surface area contributed by atoms with Crippen LogP contribution in [0.2, 0.25) is 0 Å². The van der Waals surface area contributed by atoms with E-state index < -0.39 is 0 Å². The average Bonchev–Trinajstić information content (AvgIpc) is 2.19. The van der Waals surface area contributed by atoms with Crippen molar-refractivity contribution < 1.29 is 4.79 Å². The van der Waals surface area contributed by atoms with Crippen LogP contribution in [0.25, 0.3) is 0 Å². The van der Waals surface area contributed by atoms with Crippen molar-refractivity contribution in [2.45, 2.75) is 26.2 Å². The molecule has 1 saturated heterocycles. The molecule has 78 valence electrons. The fraction of sp³-hybridized carbons (Fsp3) is 0.727. The number of carbonyl (C=O) groups excluding carboxylic acids is 1. The van der Waals surface area contributed by atoms with Crippen LogP contribution in [-0.2, 0) is 0 Å². The van der Waals surface area contributed by atoms with E-state index >= 15 is 0 Å². The van der Waals surface area contributed by atoms with Crippen molar-refractivity contribution in [3.8, 4) is 12.3 Å². The minimum Gasteiger partial charge on any atom is -0.337 e. The number of carbonyl (C=O) groups is 1. The molecule has 0 bridgehead atoms. The van der Waals surface area contributed by atoms with Gasteiger partial charge in [0.15, 0.2) is 0 Å². The smallest absolute Gasteiger partial charge is 0.317 e. The average molecular weight is 194 g/mol. The van der Waals surface area contributed by atoms with E-state index in [0.29, 0.717) is 13.0 Å². The highest BCUT2D eigenvalue weighted by Gasteiger charge is 2.19. The highest BCUT2D eigenvalue weighted by molar-refractivity contribution is 5.74. The van der Waals surface area contributed by atoms with Gasteiger partial charge in [-0.3, -0.25) is 0 Å². The van der Waals surface area contributed by atoms with Crippen molar-refractivity contribution in [2.24, 2.45) is 5.92 Å². The lowest BCUT2D eigenvalue weighted by molar-refractivity contribution is 0.174. The zero-order chi connectivity index (χ0) is 10.4. The number of terminal acetylenes is 1. The number of hydrogen-bond donors (Lipinski definition) is 1. The van der Waals surface area contributed by atoms with Crippen LogP contribution in [0.5, 0.6) is 0 Å². The Bertz CT molecular complexity index is 224. The van der Waals surface area contributed by atoms with Gasteiger partial charge in [0, 0.05) is 26.1 Å². The fourth-order valence-electron chi connectivity index (χ4n) is 1.57. The molecule has 0 unspecified atom stereocenters. The van der Waals surface area contributed by atoms with Crippen molar-refractivity contribution in [1.82, 2.24) is 10.2 Å². The maximum atomic E-state index is 11.5. The minimum atomic E-state index is 0.0344. The summed E-state index contributed by atoms with van der Waals surface area (Å²) in [5, 5.41) is 2.81. The Hall–Kier alpha value is -1.17. The lowest BCUT2D eigenvalue weighted by Crippen LogP contribution is -2.44. The molecule has 0 atom stereocenters. The van der Waals surface area contributed by atoms with E-state index in [0.717, 1.165) is 31.8 Å². The standard InChI is InChI=1S/C11H18N2O/c1-3-4-7-12-11(14)13-8-5-10(2)6-9-13/h1,10H,4-9H2,2H3,(H,12,14). The number of amides is 2. The molecule has 0 aliphatic carbocycles. The van der Waals surface area contributed by atoms with Crippen molar-refractivity contribution in [1.29, 1.82) is 0 Å². The maximum Gasteiger partial charge on any atom is 0.317 e. The second kappa shape index (κ2) is 5.54. The van der Waals surface area contributed by atoms with Gasteiger partial charge >= 0.3 is 6.03 Å². The van der Waals surface area contributed by atoms with E-state index in [4.69, 9.17) is 6.42 Å². The summed E-state index contributed by atoms with van der Waals surface area (Å²) in [7, 11) is 0. The van der Waals surface area contributed by atoms with Gasteiger partial charge in [0.2, 0.25) is 0 Å². The van der Waals surface area contributed by atoms with Gasteiger partial charge in [-0.15, -0.1) is 12.3 Å². The summed E-state index contributed by atoms with van der Waals surface area (Å²) in [6, 6.07) is 0.0344. The van der Waals surface area contributed by atoms with E-state index in [9.17, 15) is 4.79 Å². The van der Waals surface area contributed by atoms with Crippen LogP contribution in [0.1, 0.15) is 26.2 Å². The summed E-state index contributed by atoms with van der Waals surface area (Å²) in [6.07, 6.45) is 7.93. The molecule has 0 saturated carbocycles. The molecule has 3 nitrogen and oxygen atoms in total. The first-order valence-corrected chi connectivity index (χ1v) is 5.20. The molecule has 1 rings (SSSR count). The number of piperidine rings is 1. The Balaban J connectivity index is 2.21. The molecule has 3 heteroatoms. The van der Waals surface area contributed by atoms with Crippen molar-refractivity contribution in [3.63, 3.8) is 0 Å².